The number of unbranched alkanes of at least 4 members (excludes halogenated alkanes) is 1. The number of carbonyl (C=O) groups is 1. The Bertz CT molecular complexity index is 930. The van der Waals surface area contributed by atoms with Gasteiger partial charge in [-0.05, 0) is 82.1 Å². The first-order valence-corrected chi connectivity index (χ1v) is 15.5. The quantitative estimate of drug-likeness (QED) is 0.159. The van der Waals surface area contributed by atoms with Crippen molar-refractivity contribution in [2.45, 2.75) is 108 Å². The molecule has 7 atom stereocenters. The van der Waals surface area contributed by atoms with Crippen LogP contribution in [0, 0.1) is 11.7 Å². The van der Waals surface area contributed by atoms with Crippen LogP contribution in [0.2, 0.25) is 0 Å². The smallest absolute Gasteiger partial charge is 0.305 e. The van der Waals surface area contributed by atoms with Crippen LogP contribution in [0.3, 0.4) is 0 Å². The second-order valence-electron chi connectivity index (χ2n) is 11.2. The summed E-state index contributed by atoms with van der Waals surface area (Å²) in [4.78, 5) is 11.4. The SMILES string of the molecule is COC(=O)CCCC=CC[C@@H]1[C@@H](OCC(COc2ccc(F)cc2)OC2CCCCO2)[C@H](OC2CCCCO2)C[C@@H]1O. The Labute approximate surface area is 248 Å². The minimum Gasteiger partial charge on any atom is -0.491 e. The van der Waals surface area contributed by atoms with E-state index in [2.05, 4.69) is 0 Å². The first kappa shape index (κ1) is 32.8. The van der Waals surface area contributed by atoms with Crippen LogP contribution >= 0.6 is 0 Å². The van der Waals surface area contributed by atoms with E-state index in [-0.39, 0.29) is 55.7 Å². The predicted molar refractivity (Wildman–Crippen MR) is 152 cm³/mol. The summed E-state index contributed by atoms with van der Waals surface area (Å²) in [5, 5.41) is 11.1. The van der Waals surface area contributed by atoms with Gasteiger partial charge in [-0.25, -0.2) is 4.39 Å². The van der Waals surface area contributed by atoms with Gasteiger partial charge in [-0.1, -0.05) is 12.2 Å². The van der Waals surface area contributed by atoms with Crippen LogP contribution in [-0.4, -0.2) is 81.6 Å². The number of esters is 1. The maximum Gasteiger partial charge on any atom is 0.305 e. The van der Waals surface area contributed by atoms with Crippen molar-refractivity contribution >= 4 is 5.97 Å². The molecule has 9 nitrogen and oxygen atoms in total. The molecule has 0 radical (unpaired) electrons. The van der Waals surface area contributed by atoms with Crippen LogP contribution in [0.1, 0.15) is 70.6 Å². The molecule has 1 saturated carbocycles. The predicted octanol–water partition coefficient (Wildman–Crippen LogP) is 5.08. The fraction of sp³-hybridized carbons (Fsp3) is 0.719. The summed E-state index contributed by atoms with van der Waals surface area (Å²) < 4.78 is 54.8. The van der Waals surface area contributed by atoms with Crippen molar-refractivity contribution in [2.75, 3.05) is 33.5 Å². The number of carbonyl (C=O) groups excluding carboxylic acids is 1. The first-order valence-electron chi connectivity index (χ1n) is 15.5. The lowest BCUT2D eigenvalue weighted by Crippen LogP contribution is -2.40. The summed E-state index contributed by atoms with van der Waals surface area (Å²) >= 11 is 0. The molecule has 0 bridgehead atoms. The maximum absolute atomic E-state index is 13.4. The van der Waals surface area contributed by atoms with Crippen LogP contribution in [0.4, 0.5) is 4.39 Å². The molecule has 3 fully saturated rings. The summed E-state index contributed by atoms with van der Waals surface area (Å²) in [7, 11) is 1.39. The lowest BCUT2D eigenvalue weighted by atomic mass is 9.98. The van der Waals surface area contributed by atoms with Crippen molar-refractivity contribution < 1.29 is 47.4 Å². The third kappa shape index (κ3) is 10.9. The van der Waals surface area contributed by atoms with Gasteiger partial charge in [0.15, 0.2) is 12.6 Å². The van der Waals surface area contributed by atoms with Gasteiger partial charge in [-0.2, -0.15) is 0 Å². The number of hydrogen-bond acceptors (Lipinski definition) is 9. The van der Waals surface area contributed by atoms with Crippen molar-refractivity contribution in [3.63, 3.8) is 0 Å². The highest BCUT2D eigenvalue weighted by molar-refractivity contribution is 5.69. The standard InChI is InChI=1S/C32H47FO9/c1-36-29(35)11-5-3-2-4-10-26-27(34)20-28(42-31-13-7-9-19-38-31)32(26)40-22-25(41-30-12-6-8-18-37-30)21-39-24-16-14-23(33)15-17-24/h2,4,14-17,25-28,30-32,34H,3,5-13,18-22H2,1H3/t25?,26-,27-,28+,30?,31?,32+/m0/s1. The molecule has 0 spiro atoms. The average molecular weight is 595 g/mol. The lowest BCUT2D eigenvalue weighted by Gasteiger charge is -2.32. The third-order valence-corrected chi connectivity index (χ3v) is 7.98. The van der Waals surface area contributed by atoms with Gasteiger partial charge in [0.2, 0.25) is 0 Å². The molecular weight excluding hydrogens is 547 g/mol. The van der Waals surface area contributed by atoms with E-state index < -0.39 is 12.2 Å². The summed E-state index contributed by atoms with van der Waals surface area (Å²) in [6, 6.07) is 5.88. The fourth-order valence-electron chi connectivity index (χ4n) is 5.65. The Morgan fingerprint density at radius 2 is 1.79 bits per heavy atom. The monoisotopic (exact) mass is 594 g/mol. The molecule has 0 aromatic heterocycles. The van der Waals surface area contributed by atoms with Crippen molar-refractivity contribution in [3.8, 4) is 5.75 Å². The van der Waals surface area contributed by atoms with Crippen molar-refractivity contribution in [1.29, 1.82) is 0 Å². The largest absolute Gasteiger partial charge is 0.491 e. The molecule has 1 N–H and O–H groups in total. The van der Waals surface area contributed by atoms with Gasteiger partial charge < -0.3 is 38.3 Å². The zero-order valence-electron chi connectivity index (χ0n) is 24.7. The summed E-state index contributed by atoms with van der Waals surface area (Å²) in [6.45, 7) is 1.73. The Hall–Kier alpha value is -2.08. The zero-order chi connectivity index (χ0) is 29.6. The third-order valence-electron chi connectivity index (χ3n) is 7.98. The Morgan fingerprint density at radius 1 is 1.05 bits per heavy atom. The molecule has 2 heterocycles. The van der Waals surface area contributed by atoms with Gasteiger partial charge in [-0.3, -0.25) is 4.79 Å². The molecule has 236 valence electrons. The number of hydrogen-bond donors (Lipinski definition) is 1. The van der Waals surface area contributed by atoms with E-state index in [1.165, 1.54) is 19.2 Å². The normalized spacial score (nSPS) is 29.0. The molecular formula is C32H47FO9. The van der Waals surface area contributed by atoms with Gasteiger partial charge in [0.1, 0.15) is 24.3 Å². The lowest BCUT2D eigenvalue weighted by molar-refractivity contribution is -0.226. The number of allylic oxidation sites excluding steroid dienone is 2. The minimum atomic E-state index is -0.597. The van der Waals surface area contributed by atoms with Crippen LogP contribution < -0.4 is 4.74 Å². The van der Waals surface area contributed by atoms with Crippen LogP contribution in [0.15, 0.2) is 36.4 Å². The second-order valence-corrected chi connectivity index (χ2v) is 11.2. The Balaban J connectivity index is 1.39. The van der Waals surface area contributed by atoms with Gasteiger partial charge in [0.25, 0.3) is 0 Å². The van der Waals surface area contributed by atoms with E-state index in [4.69, 9.17) is 33.2 Å². The fourth-order valence-corrected chi connectivity index (χ4v) is 5.65. The van der Waals surface area contributed by atoms with Crippen molar-refractivity contribution in [1.82, 2.24) is 0 Å². The van der Waals surface area contributed by atoms with Crippen LogP contribution in [-0.2, 0) is 33.2 Å². The molecule has 42 heavy (non-hydrogen) atoms. The van der Waals surface area contributed by atoms with Crippen molar-refractivity contribution in [3.05, 3.63) is 42.2 Å². The zero-order valence-corrected chi connectivity index (χ0v) is 24.7. The van der Waals surface area contributed by atoms with Crippen molar-refractivity contribution in [2.24, 2.45) is 5.92 Å². The van der Waals surface area contributed by atoms with Crippen LogP contribution in [0.25, 0.3) is 0 Å². The van der Waals surface area contributed by atoms with E-state index in [0.717, 1.165) is 44.9 Å². The molecule has 1 aliphatic carbocycles. The second kappa shape index (κ2) is 17.9. The number of halogens is 1. The molecule has 1 aromatic carbocycles. The number of aliphatic hydroxyl groups excluding tert-OH is 1. The summed E-state index contributed by atoms with van der Waals surface area (Å²) in [5.74, 6) is -0.186. The molecule has 0 amide bonds. The molecule has 3 unspecified atom stereocenters. The van der Waals surface area contributed by atoms with E-state index in [1.807, 2.05) is 12.2 Å². The highest BCUT2D eigenvalue weighted by atomic mass is 19.1. The van der Waals surface area contributed by atoms with Gasteiger partial charge in [0, 0.05) is 32.0 Å². The molecule has 1 aromatic rings. The molecule has 3 aliphatic rings. The van der Waals surface area contributed by atoms with E-state index >= 15 is 0 Å². The molecule has 4 rings (SSSR count). The van der Waals surface area contributed by atoms with Gasteiger partial charge in [0.05, 0.1) is 32.0 Å². The Morgan fingerprint density at radius 3 is 2.48 bits per heavy atom. The van der Waals surface area contributed by atoms with Gasteiger partial charge >= 0.3 is 5.97 Å². The number of benzene rings is 1. The number of aliphatic hydroxyl groups is 1. The highest BCUT2D eigenvalue weighted by Gasteiger charge is 2.45. The Kier molecular flexibility index (Phi) is 14.0. The van der Waals surface area contributed by atoms with Gasteiger partial charge in [-0.15, -0.1) is 0 Å². The summed E-state index contributed by atoms with van der Waals surface area (Å²) in [5.41, 5.74) is 0. The van der Waals surface area contributed by atoms with E-state index in [9.17, 15) is 14.3 Å². The average Bonchev–Trinajstić information content (AvgIpc) is 3.30. The van der Waals surface area contributed by atoms with E-state index in [0.29, 0.717) is 44.6 Å². The van der Waals surface area contributed by atoms with Crippen LogP contribution in [0.5, 0.6) is 5.75 Å². The molecule has 2 saturated heterocycles. The molecule has 10 heteroatoms. The first-order chi connectivity index (χ1) is 20.5. The number of rotatable bonds is 16. The number of methoxy groups -OCH3 is 1. The molecule has 2 aliphatic heterocycles. The maximum atomic E-state index is 13.4. The van der Waals surface area contributed by atoms with E-state index in [1.54, 1.807) is 12.1 Å². The minimum absolute atomic E-state index is 0.181. The topological polar surface area (TPSA) is 102 Å². The number of ether oxygens (including phenoxy) is 7. The summed E-state index contributed by atoms with van der Waals surface area (Å²) in [6.07, 6.45) is 10.3. The highest BCUT2D eigenvalue weighted by Crippen LogP contribution is 2.36.